The Morgan fingerprint density at radius 1 is 1.12 bits per heavy atom. The van der Waals surface area contributed by atoms with Gasteiger partial charge in [0, 0.05) is 37.0 Å². The molecule has 1 unspecified atom stereocenters. The molecule has 1 aliphatic rings. The lowest BCUT2D eigenvalue weighted by Crippen LogP contribution is -2.51. The van der Waals surface area contributed by atoms with E-state index in [9.17, 15) is 13.2 Å². The van der Waals surface area contributed by atoms with Crippen LogP contribution < -0.4 is 10.2 Å². The number of amides is 1. The molecule has 2 aromatic carbocycles. The van der Waals surface area contributed by atoms with Crippen molar-refractivity contribution >= 4 is 21.3 Å². The van der Waals surface area contributed by atoms with Gasteiger partial charge in [-0.1, -0.05) is 30.0 Å². The SMILES string of the molecule is COc1ccc(C#Cc2ccc(C3=CCN(CCC(C)(C(=O)NO)S(C)(=O)=O)CC3)cc2)cc1. The van der Waals surface area contributed by atoms with Crippen LogP contribution in [-0.2, 0) is 14.6 Å². The Hall–Kier alpha value is -3.12. The summed E-state index contributed by atoms with van der Waals surface area (Å²) in [5.41, 5.74) is 5.70. The van der Waals surface area contributed by atoms with E-state index in [1.807, 2.05) is 36.4 Å². The highest BCUT2D eigenvalue weighted by molar-refractivity contribution is 7.92. The van der Waals surface area contributed by atoms with Crippen molar-refractivity contribution in [2.75, 3.05) is 33.0 Å². The minimum atomic E-state index is -3.69. The Morgan fingerprint density at radius 2 is 1.71 bits per heavy atom. The standard InChI is InChI=1S/C26H30N2O5S/c1-26(25(29)27-30,34(3,31)32)16-19-28-17-14-23(15-18-28)22-10-6-20(7-11-22)4-5-21-8-12-24(33-2)13-9-21/h6-14,30H,15-19H2,1-3H3,(H,27,29). The number of hydrogen-bond donors (Lipinski definition) is 2. The lowest BCUT2D eigenvalue weighted by atomic mass is 9.97. The van der Waals surface area contributed by atoms with Gasteiger partial charge in [0.05, 0.1) is 7.11 Å². The van der Waals surface area contributed by atoms with Crippen molar-refractivity contribution < 1.29 is 23.2 Å². The number of hydrogen-bond acceptors (Lipinski definition) is 6. The lowest BCUT2D eigenvalue weighted by molar-refractivity contribution is -0.131. The number of benzene rings is 2. The van der Waals surface area contributed by atoms with E-state index in [2.05, 4.69) is 34.9 Å². The van der Waals surface area contributed by atoms with E-state index in [4.69, 9.17) is 9.94 Å². The number of sulfone groups is 1. The first-order chi connectivity index (χ1) is 16.2. The molecule has 34 heavy (non-hydrogen) atoms. The molecule has 1 atom stereocenters. The smallest absolute Gasteiger partial charge is 0.264 e. The van der Waals surface area contributed by atoms with Gasteiger partial charge in [-0.3, -0.25) is 14.9 Å². The topological polar surface area (TPSA) is 95.9 Å². The molecule has 0 saturated carbocycles. The van der Waals surface area contributed by atoms with Gasteiger partial charge in [0.2, 0.25) is 0 Å². The molecule has 3 rings (SSSR count). The largest absolute Gasteiger partial charge is 0.497 e. The third kappa shape index (κ3) is 6.06. The van der Waals surface area contributed by atoms with Crippen molar-refractivity contribution in [3.8, 4) is 17.6 Å². The summed E-state index contributed by atoms with van der Waals surface area (Å²) in [7, 11) is -2.06. The summed E-state index contributed by atoms with van der Waals surface area (Å²) in [5.74, 6) is 6.22. The maximum absolute atomic E-state index is 12.1. The van der Waals surface area contributed by atoms with Crippen molar-refractivity contribution in [3.05, 3.63) is 71.3 Å². The van der Waals surface area contributed by atoms with Crippen molar-refractivity contribution in [3.63, 3.8) is 0 Å². The second-order valence-corrected chi connectivity index (χ2v) is 11.0. The average Bonchev–Trinajstić information content (AvgIpc) is 2.85. The second-order valence-electron chi connectivity index (χ2n) is 8.53. The predicted octanol–water partition coefficient (Wildman–Crippen LogP) is 2.88. The summed E-state index contributed by atoms with van der Waals surface area (Å²) >= 11 is 0. The van der Waals surface area contributed by atoms with Gasteiger partial charge < -0.3 is 4.74 Å². The van der Waals surface area contributed by atoms with Crippen LogP contribution in [0.2, 0.25) is 0 Å². The summed E-state index contributed by atoms with van der Waals surface area (Å²) in [6.07, 6.45) is 4.06. The number of ether oxygens (including phenoxy) is 1. The van der Waals surface area contributed by atoms with Crippen LogP contribution in [-0.4, -0.2) is 62.2 Å². The predicted molar refractivity (Wildman–Crippen MR) is 132 cm³/mol. The Morgan fingerprint density at radius 3 is 2.18 bits per heavy atom. The number of rotatable bonds is 7. The third-order valence-corrected chi connectivity index (χ3v) is 8.32. The molecule has 0 radical (unpaired) electrons. The molecule has 7 nitrogen and oxygen atoms in total. The van der Waals surface area contributed by atoms with Gasteiger partial charge >= 0.3 is 0 Å². The average molecular weight is 483 g/mol. The fourth-order valence-corrected chi connectivity index (χ4v) is 4.56. The highest BCUT2D eigenvalue weighted by Gasteiger charge is 2.43. The second kappa shape index (κ2) is 10.9. The van der Waals surface area contributed by atoms with Crippen LogP contribution in [0.3, 0.4) is 0 Å². The van der Waals surface area contributed by atoms with Crippen molar-refractivity contribution in [1.82, 2.24) is 10.4 Å². The number of nitrogens with zero attached hydrogens (tertiary/aromatic N) is 1. The molecule has 180 valence electrons. The summed E-state index contributed by atoms with van der Waals surface area (Å²) < 4.78 is 27.7. The molecule has 0 aliphatic carbocycles. The van der Waals surface area contributed by atoms with Crippen LogP contribution in [0.15, 0.2) is 54.6 Å². The molecule has 2 N–H and O–H groups in total. The van der Waals surface area contributed by atoms with Crippen LogP contribution in [0.25, 0.3) is 5.57 Å². The van der Waals surface area contributed by atoms with Crippen molar-refractivity contribution in [2.45, 2.75) is 24.5 Å². The first kappa shape index (κ1) is 25.5. The minimum Gasteiger partial charge on any atom is -0.497 e. The zero-order valence-electron chi connectivity index (χ0n) is 19.7. The zero-order chi connectivity index (χ0) is 24.8. The van der Waals surface area contributed by atoms with Crippen LogP contribution >= 0.6 is 0 Å². The highest BCUT2D eigenvalue weighted by Crippen LogP contribution is 2.25. The molecule has 0 bridgehead atoms. The molecular formula is C26H30N2O5S. The molecule has 8 heteroatoms. The Kier molecular flexibility index (Phi) is 8.15. The fraction of sp³-hybridized carbons (Fsp3) is 0.346. The van der Waals surface area contributed by atoms with E-state index in [0.717, 1.165) is 41.7 Å². The van der Waals surface area contributed by atoms with Crippen LogP contribution in [0.5, 0.6) is 5.75 Å². The van der Waals surface area contributed by atoms with Crippen molar-refractivity contribution in [2.24, 2.45) is 0 Å². The van der Waals surface area contributed by atoms with Gasteiger partial charge in [-0.25, -0.2) is 13.9 Å². The van der Waals surface area contributed by atoms with Gasteiger partial charge in [-0.05, 0) is 67.3 Å². The number of hydroxylamine groups is 1. The van der Waals surface area contributed by atoms with Crippen LogP contribution in [0, 0.1) is 11.8 Å². The molecule has 0 spiro atoms. The molecule has 1 amide bonds. The van der Waals surface area contributed by atoms with E-state index in [1.165, 1.54) is 18.0 Å². The molecule has 0 aromatic heterocycles. The number of carbonyl (C=O) groups is 1. The Labute approximate surface area is 201 Å². The summed E-state index contributed by atoms with van der Waals surface area (Å²) in [5, 5.41) is 8.96. The monoisotopic (exact) mass is 482 g/mol. The first-order valence-electron chi connectivity index (χ1n) is 11.0. The van der Waals surface area contributed by atoms with E-state index >= 15 is 0 Å². The summed E-state index contributed by atoms with van der Waals surface area (Å²) in [4.78, 5) is 14.1. The van der Waals surface area contributed by atoms with Crippen molar-refractivity contribution in [1.29, 1.82) is 0 Å². The fourth-order valence-electron chi connectivity index (χ4n) is 3.72. The summed E-state index contributed by atoms with van der Waals surface area (Å²) in [6, 6.07) is 15.7. The molecule has 1 heterocycles. The minimum absolute atomic E-state index is 0.100. The van der Waals surface area contributed by atoms with Gasteiger partial charge in [0.15, 0.2) is 14.6 Å². The first-order valence-corrected chi connectivity index (χ1v) is 12.9. The third-order valence-electron chi connectivity index (χ3n) is 6.30. The van der Waals surface area contributed by atoms with Gasteiger partial charge in [-0.15, -0.1) is 0 Å². The van der Waals surface area contributed by atoms with Crippen LogP contribution in [0.4, 0.5) is 0 Å². The lowest BCUT2D eigenvalue weighted by Gasteiger charge is -2.31. The molecule has 0 fully saturated rings. The van der Waals surface area contributed by atoms with E-state index < -0.39 is 20.5 Å². The Balaban J connectivity index is 1.60. The van der Waals surface area contributed by atoms with Gasteiger partial charge in [0.25, 0.3) is 5.91 Å². The van der Waals surface area contributed by atoms with E-state index in [-0.39, 0.29) is 6.42 Å². The molecular weight excluding hydrogens is 452 g/mol. The van der Waals surface area contributed by atoms with Crippen LogP contribution in [0.1, 0.15) is 36.5 Å². The summed E-state index contributed by atoms with van der Waals surface area (Å²) in [6.45, 7) is 3.19. The number of nitrogens with one attached hydrogen (secondary N) is 1. The highest BCUT2D eigenvalue weighted by atomic mass is 32.2. The molecule has 2 aromatic rings. The number of carbonyl (C=O) groups excluding carboxylic acids is 1. The number of methoxy groups -OCH3 is 1. The van der Waals surface area contributed by atoms with E-state index in [1.54, 1.807) is 7.11 Å². The molecule has 1 aliphatic heterocycles. The zero-order valence-corrected chi connectivity index (χ0v) is 20.5. The van der Waals surface area contributed by atoms with E-state index in [0.29, 0.717) is 13.1 Å². The maximum atomic E-state index is 12.1. The maximum Gasteiger partial charge on any atom is 0.264 e. The molecule has 0 saturated heterocycles. The normalized spacial score (nSPS) is 15.9. The van der Waals surface area contributed by atoms with Gasteiger partial charge in [0.1, 0.15) is 5.75 Å². The van der Waals surface area contributed by atoms with Gasteiger partial charge in [-0.2, -0.15) is 0 Å². The quantitative estimate of drug-likeness (QED) is 0.358. The Bertz CT molecular complexity index is 1210.